The van der Waals surface area contributed by atoms with Crippen LogP contribution in [0.15, 0.2) is 60.7 Å². The molecule has 0 radical (unpaired) electrons. The molecule has 2 atom stereocenters. The predicted octanol–water partition coefficient (Wildman–Crippen LogP) is 7.68. The van der Waals surface area contributed by atoms with Crippen molar-refractivity contribution in [3.63, 3.8) is 0 Å². The van der Waals surface area contributed by atoms with Gasteiger partial charge < -0.3 is 15.5 Å². The Balaban J connectivity index is 1.47. The van der Waals surface area contributed by atoms with Crippen LogP contribution in [0.4, 0.5) is 15.8 Å². The molecule has 2 fully saturated rings. The Kier molecular flexibility index (Phi) is 8.22. The van der Waals surface area contributed by atoms with Crippen LogP contribution in [-0.2, 0) is 4.79 Å². The Bertz CT molecular complexity index is 1330. The summed E-state index contributed by atoms with van der Waals surface area (Å²) in [5.74, 6) is -1.60. The van der Waals surface area contributed by atoms with Gasteiger partial charge in [-0.3, -0.25) is 9.59 Å². The van der Waals surface area contributed by atoms with E-state index in [1.165, 1.54) is 31.7 Å². The van der Waals surface area contributed by atoms with E-state index >= 15 is 0 Å². The molecule has 2 N–H and O–H groups in total. The van der Waals surface area contributed by atoms with Gasteiger partial charge in [0, 0.05) is 29.0 Å². The lowest BCUT2D eigenvalue weighted by atomic mass is 9.83. The van der Waals surface area contributed by atoms with Crippen LogP contribution < -0.4 is 10.6 Å². The van der Waals surface area contributed by atoms with Crippen molar-refractivity contribution in [2.75, 3.05) is 17.2 Å². The van der Waals surface area contributed by atoms with Gasteiger partial charge >= 0.3 is 0 Å². The number of piperidine rings is 1. The maximum atomic E-state index is 14.9. The molecule has 5 nitrogen and oxygen atoms in total. The molecular formula is C32H35ClFN3O2. The van der Waals surface area contributed by atoms with Gasteiger partial charge in [0.25, 0.3) is 5.91 Å². The molecule has 1 aliphatic carbocycles. The van der Waals surface area contributed by atoms with Crippen molar-refractivity contribution in [2.24, 2.45) is 5.92 Å². The summed E-state index contributed by atoms with van der Waals surface area (Å²) in [6, 6.07) is 18.0. The number of carbonyl (C=O) groups is 2. The fourth-order valence-electron chi connectivity index (χ4n) is 6.00. The standard InChI is InChI=1S/C32H35ClFN3O2/c1-20-7-5-11-28(34)29(20)32(39)37-18-6-10-26(31(38)36-25-16-17-27(33)21(2)19-25)30(37)22-12-14-24(15-13-22)35-23-8-3-4-9-23/h5,7,11-17,19,23,26,30,35H,3-4,6,8-10,18H2,1-2H3,(H,36,38)/t26-,30-/m0/s1. The molecular weight excluding hydrogens is 513 g/mol. The number of nitrogens with zero attached hydrogens (tertiary/aromatic N) is 1. The zero-order chi connectivity index (χ0) is 27.5. The molecule has 1 saturated heterocycles. The van der Waals surface area contributed by atoms with Gasteiger partial charge in [-0.2, -0.15) is 0 Å². The minimum atomic E-state index is -0.543. The SMILES string of the molecule is Cc1cc(NC(=O)[C@H]2CCCN(C(=O)c3c(C)cccc3F)[C@H]2c2ccc(NC3CCCC3)cc2)ccc1Cl. The fourth-order valence-corrected chi connectivity index (χ4v) is 6.11. The fraction of sp³-hybridized carbons (Fsp3) is 0.375. The highest BCUT2D eigenvalue weighted by molar-refractivity contribution is 6.31. The largest absolute Gasteiger partial charge is 0.382 e. The quantitative estimate of drug-likeness (QED) is 0.332. The number of aryl methyl sites for hydroxylation is 2. The lowest BCUT2D eigenvalue weighted by Crippen LogP contribution is -2.46. The number of carbonyl (C=O) groups excluding carboxylic acids is 2. The molecule has 2 aliphatic rings. The third kappa shape index (κ3) is 5.96. The first-order valence-electron chi connectivity index (χ1n) is 13.8. The third-order valence-electron chi connectivity index (χ3n) is 8.07. The van der Waals surface area contributed by atoms with Crippen molar-refractivity contribution >= 4 is 34.8 Å². The third-order valence-corrected chi connectivity index (χ3v) is 8.49. The highest BCUT2D eigenvalue weighted by Crippen LogP contribution is 2.39. The lowest BCUT2D eigenvalue weighted by Gasteiger charge is -2.41. The average molecular weight is 548 g/mol. The molecule has 5 rings (SSSR count). The van der Waals surface area contributed by atoms with Crippen LogP contribution in [0.25, 0.3) is 0 Å². The summed E-state index contributed by atoms with van der Waals surface area (Å²) in [5, 5.41) is 7.27. The normalized spacial score (nSPS) is 19.6. The van der Waals surface area contributed by atoms with E-state index in [1.807, 2.05) is 37.3 Å². The molecule has 2 amide bonds. The van der Waals surface area contributed by atoms with Gasteiger partial charge in [0.1, 0.15) is 5.82 Å². The van der Waals surface area contributed by atoms with Crippen LogP contribution in [0.5, 0.6) is 0 Å². The van der Waals surface area contributed by atoms with Gasteiger partial charge in [-0.05, 0) is 92.6 Å². The molecule has 1 heterocycles. The number of hydrogen-bond donors (Lipinski definition) is 2. The number of halogens is 2. The van der Waals surface area contributed by atoms with E-state index in [2.05, 4.69) is 10.6 Å². The molecule has 1 saturated carbocycles. The van der Waals surface area contributed by atoms with E-state index in [0.717, 1.165) is 16.8 Å². The minimum Gasteiger partial charge on any atom is -0.382 e. The summed E-state index contributed by atoms with van der Waals surface area (Å²) >= 11 is 6.18. The second-order valence-corrected chi connectivity index (χ2v) is 11.2. The van der Waals surface area contributed by atoms with Crippen molar-refractivity contribution in [2.45, 2.75) is 64.5 Å². The van der Waals surface area contributed by atoms with Crippen molar-refractivity contribution in [1.82, 2.24) is 4.90 Å². The number of nitrogens with one attached hydrogen (secondary N) is 2. The van der Waals surface area contributed by atoms with E-state index in [9.17, 15) is 14.0 Å². The first-order chi connectivity index (χ1) is 18.8. The highest BCUT2D eigenvalue weighted by Gasteiger charge is 2.40. The molecule has 0 unspecified atom stereocenters. The van der Waals surface area contributed by atoms with Crippen LogP contribution in [0.2, 0.25) is 5.02 Å². The first kappa shape index (κ1) is 27.2. The van der Waals surface area contributed by atoms with Crippen molar-refractivity contribution in [1.29, 1.82) is 0 Å². The molecule has 0 bridgehead atoms. The van der Waals surface area contributed by atoms with Gasteiger partial charge in [0.2, 0.25) is 5.91 Å². The first-order valence-corrected chi connectivity index (χ1v) is 14.2. The highest BCUT2D eigenvalue weighted by atomic mass is 35.5. The molecule has 204 valence electrons. The van der Waals surface area contributed by atoms with Gasteiger partial charge in [-0.15, -0.1) is 0 Å². The van der Waals surface area contributed by atoms with Crippen LogP contribution in [-0.4, -0.2) is 29.3 Å². The van der Waals surface area contributed by atoms with Crippen molar-refractivity contribution in [3.05, 3.63) is 93.8 Å². The molecule has 3 aromatic rings. The molecule has 0 aromatic heterocycles. The summed E-state index contributed by atoms with van der Waals surface area (Å²) < 4.78 is 14.9. The molecule has 7 heteroatoms. The summed E-state index contributed by atoms with van der Waals surface area (Å²) in [6.07, 6.45) is 6.09. The maximum absolute atomic E-state index is 14.9. The van der Waals surface area contributed by atoms with E-state index in [1.54, 1.807) is 36.1 Å². The van der Waals surface area contributed by atoms with E-state index in [-0.39, 0.29) is 17.4 Å². The predicted molar refractivity (Wildman–Crippen MR) is 155 cm³/mol. The number of amides is 2. The van der Waals surface area contributed by atoms with Crippen molar-refractivity contribution in [3.8, 4) is 0 Å². The van der Waals surface area contributed by atoms with Crippen LogP contribution in [0, 0.1) is 25.6 Å². The smallest absolute Gasteiger partial charge is 0.257 e. The Morgan fingerprint density at radius 2 is 1.62 bits per heavy atom. The molecule has 39 heavy (non-hydrogen) atoms. The maximum Gasteiger partial charge on any atom is 0.257 e. The Morgan fingerprint density at radius 1 is 0.897 bits per heavy atom. The van der Waals surface area contributed by atoms with Crippen LogP contribution in [0.1, 0.15) is 71.6 Å². The van der Waals surface area contributed by atoms with E-state index in [4.69, 9.17) is 11.6 Å². The zero-order valence-corrected chi connectivity index (χ0v) is 23.2. The van der Waals surface area contributed by atoms with E-state index in [0.29, 0.717) is 41.7 Å². The van der Waals surface area contributed by atoms with Gasteiger partial charge in [0.05, 0.1) is 17.5 Å². The Hall–Kier alpha value is -3.38. The Morgan fingerprint density at radius 3 is 2.31 bits per heavy atom. The number of likely N-dealkylation sites (tertiary alicyclic amines) is 1. The number of hydrogen-bond acceptors (Lipinski definition) is 3. The number of benzene rings is 3. The van der Waals surface area contributed by atoms with Gasteiger partial charge in [-0.1, -0.05) is 48.7 Å². The minimum absolute atomic E-state index is 0.0661. The van der Waals surface area contributed by atoms with Gasteiger partial charge in [0.15, 0.2) is 0 Å². The van der Waals surface area contributed by atoms with E-state index < -0.39 is 17.8 Å². The second kappa shape index (κ2) is 11.8. The molecule has 3 aromatic carbocycles. The summed E-state index contributed by atoms with van der Waals surface area (Å²) in [6.45, 7) is 4.08. The average Bonchev–Trinajstić information content (AvgIpc) is 3.44. The topological polar surface area (TPSA) is 61.4 Å². The summed E-state index contributed by atoms with van der Waals surface area (Å²) in [5.41, 5.74) is 4.06. The number of rotatable bonds is 6. The van der Waals surface area contributed by atoms with Crippen LogP contribution in [0.3, 0.4) is 0 Å². The summed E-state index contributed by atoms with van der Waals surface area (Å²) in [4.78, 5) is 29.3. The Labute approximate surface area is 234 Å². The number of anilines is 2. The lowest BCUT2D eigenvalue weighted by molar-refractivity contribution is -0.123. The van der Waals surface area contributed by atoms with Crippen molar-refractivity contribution < 1.29 is 14.0 Å². The van der Waals surface area contributed by atoms with Crippen LogP contribution >= 0.6 is 11.6 Å². The zero-order valence-electron chi connectivity index (χ0n) is 22.5. The van der Waals surface area contributed by atoms with Gasteiger partial charge in [-0.25, -0.2) is 4.39 Å². The molecule has 0 spiro atoms. The monoisotopic (exact) mass is 547 g/mol. The second-order valence-electron chi connectivity index (χ2n) is 10.8. The summed E-state index contributed by atoms with van der Waals surface area (Å²) in [7, 11) is 0. The molecule has 1 aliphatic heterocycles.